The fourth-order valence-corrected chi connectivity index (χ4v) is 0.825. The highest BCUT2D eigenvalue weighted by Crippen LogP contribution is 2.13. The molecule has 0 rings (SSSR count). The summed E-state index contributed by atoms with van der Waals surface area (Å²) in [6.07, 6.45) is 0.443. The van der Waals surface area contributed by atoms with Gasteiger partial charge in [-0.3, -0.25) is 0 Å². The van der Waals surface area contributed by atoms with Crippen LogP contribution in [0.1, 0.15) is 41.0 Å². The zero-order valence-corrected chi connectivity index (χ0v) is 9.51. The van der Waals surface area contributed by atoms with Crippen molar-refractivity contribution in [2.24, 2.45) is 0 Å². The van der Waals surface area contributed by atoms with Crippen LogP contribution < -0.4 is 5.32 Å². The molecule has 0 aromatic heterocycles. The number of rotatable bonds is 3. The number of carbonyl (C=O) groups is 2. The molecule has 82 valence electrons. The van der Waals surface area contributed by atoms with Crippen molar-refractivity contribution in [1.82, 2.24) is 5.32 Å². The number of hydrogen-bond donors (Lipinski definition) is 1. The minimum Gasteiger partial charge on any atom is -0.443 e. The van der Waals surface area contributed by atoms with Crippen LogP contribution in [0.4, 0.5) is 4.79 Å². The van der Waals surface area contributed by atoms with Crippen LogP contribution in [-0.4, -0.2) is 23.5 Å². The first kappa shape index (κ1) is 12.9. The van der Waals surface area contributed by atoms with Crippen LogP contribution in [0.2, 0.25) is 0 Å². The summed E-state index contributed by atoms with van der Waals surface area (Å²) in [5.41, 5.74) is -1.06. The summed E-state index contributed by atoms with van der Waals surface area (Å²) in [4.78, 5) is 21.6. The Labute approximate surface area is 85.0 Å². The van der Waals surface area contributed by atoms with Gasteiger partial charge in [0.2, 0.25) is 0 Å². The predicted octanol–water partition coefficient (Wildman–Crippen LogP) is 1.88. The lowest BCUT2D eigenvalue weighted by Gasteiger charge is -2.26. The lowest BCUT2D eigenvalue weighted by molar-refractivity contribution is -0.111. The Bertz CT molecular complexity index is 216. The van der Waals surface area contributed by atoms with Gasteiger partial charge in [-0.25, -0.2) is 4.79 Å². The zero-order valence-electron chi connectivity index (χ0n) is 9.51. The molecule has 0 saturated carbocycles. The molecule has 0 radical (unpaired) electrons. The largest absolute Gasteiger partial charge is 0.443 e. The van der Waals surface area contributed by atoms with Crippen molar-refractivity contribution in [1.29, 1.82) is 0 Å². The Morgan fingerprint density at radius 1 is 1.29 bits per heavy atom. The second-order valence-electron chi connectivity index (χ2n) is 4.90. The van der Waals surface area contributed by atoms with Gasteiger partial charge in [0.05, 0.1) is 0 Å². The molecule has 4 heteroatoms. The SMILES string of the molecule is CC(C)(C)NC(=O)OC(C)(C)CC=O. The van der Waals surface area contributed by atoms with Crippen LogP contribution >= 0.6 is 0 Å². The van der Waals surface area contributed by atoms with E-state index < -0.39 is 11.7 Å². The third kappa shape index (κ3) is 6.46. The van der Waals surface area contributed by atoms with Gasteiger partial charge in [0.1, 0.15) is 11.9 Å². The Kier molecular flexibility index (Phi) is 4.10. The maximum atomic E-state index is 11.3. The molecule has 0 fully saturated rings. The molecule has 0 saturated heterocycles. The lowest BCUT2D eigenvalue weighted by Crippen LogP contribution is -2.44. The number of carbonyl (C=O) groups excluding carboxylic acids is 2. The van der Waals surface area contributed by atoms with Gasteiger partial charge in [-0.05, 0) is 34.6 Å². The number of ether oxygens (including phenoxy) is 1. The van der Waals surface area contributed by atoms with Crippen LogP contribution in [0.5, 0.6) is 0 Å². The van der Waals surface area contributed by atoms with E-state index in [0.29, 0.717) is 0 Å². The van der Waals surface area contributed by atoms with Crippen LogP contribution in [-0.2, 0) is 9.53 Å². The van der Waals surface area contributed by atoms with Crippen molar-refractivity contribution < 1.29 is 14.3 Å². The number of amides is 1. The summed E-state index contributed by atoms with van der Waals surface area (Å²) in [6.45, 7) is 8.98. The molecule has 0 aromatic rings. The van der Waals surface area contributed by atoms with E-state index in [0.717, 1.165) is 6.29 Å². The maximum Gasteiger partial charge on any atom is 0.408 e. The summed E-state index contributed by atoms with van der Waals surface area (Å²) < 4.78 is 5.07. The summed E-state index contributed by atoms with van der Waals surface area (Å²) in [5.74, 6) is 0. The van der Waals surface area contributed by atoms with E-state index in [1.54, 1.807) is 13.8 Å². The molecule has 0 atom stereocenters. The molecule has 0 bridgehead atoms. The normalized spacial score (nSPS) is 12.1. The number of hydrogen-bond acceptors (Lipinski definition) is 3. The molecule has 0 aliphatic heterocycles. The van der Waals surface area contributed by atoms with Gasteiger partial charge in [-0.15, -0.1) is 0 Å². The molecule has 0 aromatic carbocycles. The quantitative estimate of drug-likeness (QED) is 0.709. The number of nitrogens with one attached hydrogen (secondary N) is 1. The predicted molar refractivity (Wildman–Crippen MR) is 54.1 cm³/mol. The van der Waals surface area contributed by atoms with Crippen molar-refractivity contribution in [3.05, 3.63) is 0 Å². The van der Waals surface area contributed by atoms with Gasteiger partial charge < -0.3 is 14.8 Å². The van der Waals surface area contributed by atoms with Gasteiger partial charge in [-0.2, -0.15) is 0 Å². The fourth-order valence-electron chi connectivity index (χ4n) is 0.825. The molecule has 1 N–H and O–H groups in total. The number of alkyl carbamates (subject to hydrolysis) is 1. The Balaban J connectivity index is 4.12. The van der Waals surface area contributed by atoms with Crippen LogP contribution in [0.25, 0.3) is 0 Å². The van der Waals surface area contributed by atoms with Crippen molar-refractivity contribution in [2.75, 3.05) is 0 Å². The van der Waals surface area contributed by atoms with E-state index in [1.807, 2.05) is 20.8 Å². The van der Waals surface area contributed by atoms with Crippen molar-refractivity contribution >= 4 is 12.4 Å². The van der Waals surface area contributed by atoms with Crippen LogP contribution in [0.3, 0.4) is 0 Å². The van der Waals surface area contributed by atoms with Crippen LogP contribution in [0, 0.1) is 0 Å². The molecule has 0 spiro atoms. The number of aldehydes is 1. The summed E-state index contributed by atoms with van der Waals surface area (Å²) >= 11 is 0. The second kappa shape index (κ2) is 4.44. The topological polar surface area (TPSA) is 55.4 Å². The molecule has 0 unspecified atom stereocenters. The van der Waals surface area contributed by atoms with Crippen molar-refractivity contribution in [3.63, 3.8) is 0 Å². The fraction of sp³-hybridized carbons (Fsp3) is 0.800. The minimum atomic E-state index is -0.739. The van der Waals surface area contributed by atoms with Crippen molar-refractivity contribution in [3.8, 4) is 0 Å². The molecule has 0 aliphatic rings. The molecule has 0 heterocycles. The molecule has 4 nitrogen and oxygen atoms in total. The van der Waals surface area contributed by atoms with Gasteiger partial charge in [0, 0.05) is 12.0 Å². The van der Waals surface area contributed by atoms with Gasteiger partial charge >= 0.3 is 6.09 Å². The first-order valence-electron chi connectivity index (χ1n) is 4.61. The summed E-state index contributed by atoms with van der Waals surface area (Å²) in [6, 6.07) is 0. The molecule has 1 amide bonds. The van der Waals surface area contributed by atoms with E-state index >= 15 is 0 Å². The van der Waals surface area contributed by atoms with E-state index in [2.05, 4.69) is 5.32 Å². The minimum absolute atomic E-state index is 0.199. The zero-order chi connectivity index (χ0) is 11.4. The Hall–Kier alpha value is -1.06. The van der Waals surface area contributed by atoms with E-state index in [4.69, 9.17) is 4.74 Å². The maximum absolute atomic E-state index is 11.3. The highest BCUT2D eigenvalue weighted by molar-refractivity contribution is 5.69. The van der Waals surface area contributed by atoms with Gasteiger partial charge in [-0.1, -0.05) is 0 Å². The highest BCUT2D eigenvalue weighted by atomic mass is 16.6. The summed E-state index contributed by atoms with van der Waals surface area (Å²) in [7, 11) is 0. The van der Waals surface area contributed by atoms with E-state index in [-0.39, 0.29) is 12.0 Å². The Morgan fingerprint density at radius 3 is 2.14 bits per heavy atom. The lowest BCUT2D eigenvalue weighted by atomic mass is 10.1. The first-order valence-corrected chi connectivity index (χ1v) is 4.61. The van der Waals surface area contributed by atoms with Crippen molar-refractivity contribution in [2.45, 2.75) is 52.2 Å². The first-order chi connectivity index (χ1) is 6.16. The Morgan fingerprint density at radius 2 is 1.79 bits per heavy atom. The highest BCUT2D eigenvalue weighted by Gasteiger charge is 2.24. The van der Waals surface area contributed by atoms with Gasteiger partial charge in [0.25, 0.3) is 0 Å². The monoisotopic (exact) mass is 201 g/mol. The third-order valence-corrected chi connectivity index (χ3v) is 1.42. The molecule has 14 heavy (non-hydrogen) atoms. The average Bonchev–Trinajstić information content (AvgIpc) is 1.78. The standard InChI is InChI=1S/C10H19NO3/c1-9(2,3)11-8(13)14-10(4,5)6-7-12/h7H,6H2,1-5H3,(H,11,13). The average molecular weight is 201 g/mol. The third-order valence-electron chi connectivity index (χ3n) is 1.42. The molecular formula is C10H19NO3. The molecule has 0 aliphatic carbocycles. The van der Waals surface area contributed by atoms with E-state index in [1.165, 1.54) is 0 Å². The molecular weight excluding hydrogens is 182 g/mol. The summed E-state index contributed by atoms with van der Waals surface area (Å²) in [5, 5.41) is 2.66. The second-order valence-corrected chi connectivity index (χ2v) is 4.90. The van der Waals surface area contributed by atoms with Gasteiger partial charge in [0.15, 0.2) is 0 Å². The van der Waals surface area contributed by atoms with E-state index in [9.17, 15) is 9.59 Å². The smallest absolute Gasteiger partial charge is 0.408 e. The van der Waals surface area contributed by atoms with Crippen LogP contribution in [0.15, 0.2) is 0 Å².